The Balaban J connectivity index is 2.64. The molecule has 0 radical (unpaired) electrons. The zero-order chi connectivity index (χ0) is 13.8. The van der Waals surface area contributed by atoms with E-state index in [0.29, 0.717) is 29.2 Å². The molecule has 4 nitrogen and oxygen atoms in total. The van der Waals surface area contributed by atoms with Crippen molar-refractivity contribution in [2.24, 2.45) is 0 Å². The Morgan fingerprint density at radius 1 is 1.05 bits per heavy atom. The molecule has 4 heteroatoms. The summed E-state index contributed by atoms with van der Waals surface area (Å²) in [4.78, 5) is 0. The van der Waals surface area contributed by atoms with E-state index in [-0.39, 0.29) is 5.75 Å². The van der Waals surface area contributed by atoms with Crippen molar-refractivity contribution < 1.29 is 19.3 Å². The second kappa shape index (κ2) is 5.69. The van der Waals surface area contributed by atoms with Crippen LogP contribution in [0, 0.1) is 0 Å². The van der Waals surface area contributed by atoms with Crippen LogP contribution in [0.3, 0.4) is 0 Å². The summed E-state index contributed by atoms with van der Waals surface area (Å²) in [7, 11) is 3.15. The van der Waals surface area contributed by atoms with Gasteiger partial charge >= 0.3 is 0 Å². The third-order valence-electron chi connectivity index (χ3n) is 2.91. The number of phenols is 1. The predicted molar refractivity (Wildman–Crippen MR) is 74.5 cm³/mol. The molecule has 0 aliphatic carbocycles. The Bertz CT molecular complexity index is 578. The van der Waals surface area contributed by atoms with E-state index in [2.05, 4.69) is 0 Å². The molecule has 0 amide bonds. The normalized spacial score (nSPS) is 10.5. The number of aromatic hydroxyl groups is 1. The van der Waals surface area contributed by atoms with Gasteiger partial charge in [0, 0.05) is 16.8 Å². The van der Waals surface area contributed by atoms with Gasteiger partial charge in [0.2, 0.25) is 0 Å². The fraction of sp³-hybridized carbons (Fsp3) is 0.333. The molecule has 0 bridgehead atoms. The first-order chi connectivity index (χ1) is 9.21. The summed E-state index contributed by atoms with van der Waals surface area (Å²) in [5, 5.41) is 11.6. The van der Waals surface area contributed by atoms with E-state index in [0.717, 1.165) is 11.8 Å². The molecular formula is C15H18O4. The molecule has 0 aliphatic rings. The van der Waals surface area contributed by atoms with E-state index < -0.39 is 0 Å². The van der Waals surface area contributed by atoms with Crippen molar-refractivity contribution in [1.29, 1.82) is 0 Å². The van der Waals surface area contributed by atoms with Gasteiger partial charge in [0.15, 0.2) is 11.5 Å². The highest BCUT2D eigenvalue weighted by Gasteiger charge is 2.14. The van der Waals surface area contributed by atoms with E-state index >= 15 is 0 Å². The maximum Gasteiger partial charge on any atom is 0.169 e. The van der Waals surface area contributed by atoms with Gasteiger partial charge in [-0.15, -0.1) is 0 Å². The molecule has 2 aromatic rings. The smallest absolute Gasteiger partial charge is 0.169 e. The van der Waals surface area contributed by atoms with E-state index in [1.807, 2.05) is 19.1 Å². The minimum absolute atomic E-state index is 0.148. The van der Waals surface area contributed by atoms with Crippen LogP contribution >= 0.6 is 0 Å². The highest BCUT2D eigenvalue weighted by atomic mass is 16.5. The lowest BCUT2D eigenvalue weighted by Gasteiger charge is -2.14. The number of rotatable bonds is 5. The molecule has 0 aromatic heterocycles. The molecule has 0 spiro atoms. The second-order valence-corrected chi connectivity index (χ2v) is 4.19. The molecule has 2 aromatic carbocycles. The molecule has 0 saturated heterocycles. The summed E-state index contributed by atoms with van der Waals surface area (Å²) < 4.78 is 16.2. The molecule has 102 valence electrons. The van der Waals surface area contributed by atoms with E-state index in [4.69, 9.17) is 14.2 Å². The minimum Gasteiger partial charge on any atom is -0.507 e. The zero-order valence-electron chi connectivity index (χ0n) is 11.4. The van der Waals surface area contributed by atoms with Crippen LogP contribution in [0.4, 0.5) is 0 Å². The topological polar surface area (TPSA) is 47.9 Å². The van der Waals surface area contributed by atoms with Crippen LogP contribution in [0.25, 0.3) is 10.8 Å². The summed E-state index contributed by atoms with van der Waals surface area (Å²) in [6.45, 7) is 2.64. The van der Waals surface area contributed by atoms with Crippen LogP contribution in [0.5, 0.6) is 23.0 Å². The van der Waals surface area contributed by atoms with Gasteiger partial charge in [-0.2, -0.15) is 0 Å². The van der Waals surface area contributed by atoms with Crippen LogP contribution in [0.2, 0.25) is 0 Å². The third-order valence-corrected chi connectivity index (χ3v) is 2.91. The molecule has 0 atom stereocenters. The summed E-state index contributed by atoms with van der Waals surface area (Å²) in [5.41, 5.74) is 0. The van der Waals surface area contributed by atoms with Gasteiger partial charge in [0.1, 0.15) is 11.5 Å². The fourth-order valence-electron chi connectivity index (χ4n) is 1.97. The van der Waals surface area contributed by atoms with Crippen molar-refractivity contribution in [2.75, 3.05) is 20.8 Å². The van der Waals surface area contributed by atoms with E-state index in [1.165, 1.54) is 0 Å². The first-order valence-corrected chi connectivity index (χ1v) is 6.21. The Kier molecular flexibility index (Phi) is 4.00. The predicted octanol–water partition coefficient (Wildman–Crippen LogP) is 3.35. The van der Waals surface area contributed by atoms with Gasteiger partial charge < -0.3 is 19.3 Å². The van der Waals surface area contributed by atoms with Crippen molar-refractivity contribution in [1.82, 2.24) is 0 Å². The highest BCUT2D eigenvalue weighted by molar-refractivity contribution is 5.96. The summed E-state index contributed by atoms with van der Waals surface area (Å²) in [6.07, 6.45) is 0.904. The van der Waals surface area contributed by atoms with Crippen molar-refractivity contribution in [3.8, 4) is 23.0 Å². The number of ether oxygens (including phenoxy) is 3. The second-order valence-electron chi connectivity index (χ2n) is 4.19. The fourth-order valence-corrected chi connectivity index (χ4v) is 1.97. The van der Waals surface area contributed by atoms with Crippen LogP contribution < -0.4 is 14.2 Å². The maximum absolute atomic E-state index is 10.1. The Hall–Kier alpha value is -2.10. The molecule has 0 unspecified atom stereocenters. The van der Waals surface area contributed by atoms with Crippen LogP contribution in [-0.2, 0) is 0 Å². The number of hydrogen-bond acceptors (Lipinski definition) is 4. The van der Waals surface area contributed by atoms with Gasteiger partial charge in [-0.3, -0.25) is 0 Å². The molecule has 1 N–H and O–H groups in total. The molecule has 0 heterocycles. The zero-order valence-corrected chi connectivity index (χ0v) is 11.4. The molecule has 0 fully saturated rings. The summed E-state index contributed by atoms with van der Waals surface area (Å²) >= 11 is 0. The van der Waals surface area contributed by atoms with Crippen molar-refractivity contribution in [2.45, 2.75) is 13.3 Å². The van der Waals surface area contributed by atoms with Gasteiger partial charge in [-0.1, -0.05) is 6.92 Å². The third kappa shape index (κ3) is 2.52. The number of hydrogen-bond donors (Lipinski definition) is 1. The van der Waals surface area contributed by atoms with Gasteiger partial charge in [0.25, 0.3) is 0 Å². The monoisotopic (exact) mass is 262 g/mol. The molecule has 2 rings (SSSR count). The van der Waals surface area contributed by atoms with Crippen molar-refractivity contribution >= 4 is 10.8 Å². The van der Waals surface area contributed by atoms with Gasteiger partial charge in [-0.05, 0) is 24.6 Å². The lowest BCUT2D eigenvalue weighted by atomic mass is 10.1. The summed E-state index contributed by atoms with van der Waals surface area (Å²) in [5.74, 6) is 2.02. The average molecular weight is 262 g/mol. The molecular weight excluding hydrogens is 244 g/mol. The first-order valence-electron chi connectivity index (χ1n) is 6.21. The van der Waals surface area contributed by atoms with Gasteiger partial charge in [0.05, 0.1) is 20.8 Å². The number of phenolic OH excluding ortho intramolecular Hbond substituents is 1. The lowest BCUT2D eigenvalue weighted by molar-refractivity contribution is 0.297. The standard InChI is InChI=1S/C15H18O4/c1-4-7-19-15-11-6-5-10(17-2)8-12(11)13(16)9-14(15)18-3/h5-6,8-9,16H,4,7H2,1-3H3. The highest BCUT2D eigenvalue weighted by Crippen LogP contribution is 2.42. The molecule has 19 heavy (non-hydrogen) atoms. The van der Waals surface area contributed by atoms with E-state index in [1.54, 1.807) is 26.4 Å². The molecule has 0 aliphatic heterocycles. The summed E-state index contributed by atoms with van der Waals surface area (Å²) in [6, 6.07) is 7.04. The van der Waals surface area contributed by atoms with Gasteiger partial charge in [-0.25, -0.2) is 0 Å². The van der Waals surface area contributed by atoms with Crippen LogP contribution in [-0.4, -0.2) is 25.9 Å². The number of fused-ring (bicyclic) bond motifs is 1. The Morgan fingerprint density at radius 3 is 2.47 bits per heavy atom. The van der Waals surface area contributed by atoms with Crippen molar-refractivity contribution in [3.05, 3.63) is 24.3 Å². The quantitative estimate of drug-likeness (QED) is 0.897. The first kappa shape index (κ1) is 13.3. The Labute approximate surface area is 112 Å². The van der Waals surface area contributed by atoms with Crippen LogP contribution in [0.15, 0.2) is 24.3 Å². The van der Waals surface area contributed by atoms with Crippen LogP contribution in [0.1, 0.15) is 13.3 Å². The maximum atomic E-state index is 10.1. The number of benzene rings is 2. The minimum atomic E-state index is 0.148. The Morgan fingerprint density at radius 2 is 1.84 bits per heavy atom. The largest absolute Gasteiger partial charge is 0.507 e. The average Bonchev–Trinajstić information content (AvgIpc) is 2.45. The molecule has 0 saturated carbocycles. The number of methoxy groups -OCH3 is 2. The van der Waals surface area contributed by atoms with E-state index in [9.17, 15) is 5.11 Å². The van der Waals surface area contributed by atoms with Crippen molar-refractivity contribution in [3.63, 3.8) is 0 Å². The SMILES string of the molecule is CCCOc1c(OC)cc(O)c2cc(OC)ccc12. The lowest BCUT2D eigenvalue weighted by Crippen LogP contribution is -1.99.